The number of carboxylic acids is 1. The van der Waals surface area contributed by atoms with Crippen LogP contribution in [0.15, 0.2) is 24.3 Å². The molecule has 1 aromatic rings. The largest absolute Gasteiger partial charge is 0.481 e. The van der Waals surface area contributed by atoms with Gasteiger partial charge in [-0.05, 0) is 24.8 Å². The van der Waals surface area contributed by atoms with E-state index in [4.69, 9.17) is 5.11 Å². The fourth-order valence-corrected chi connectivity index (χ4v) is 1.79. The Morgan fingerprint density at radius 1 is 1.14 bits per heavy atom. The summed E-state index contributed by atoms with van der Waals surface area (Å²) in [5.74, 6) is -0.982. The van der Waals surface area contributed by atoms with Gasteiger partial charge in [-0.2, -0.15) is 0 Å². The molecule has 0 heterocycles. The van der Waals surface area contributed by atoms with Crippen molar-refractivity contribution in [2.45, 2.75) is 32.1 Å². The number of nitro groups is 1. The Bertz CT molecular complexity index is 499. The van der Waals surface area contributed by atoms with Gasteiger partial charge in [-0.25, -0.2) is 0 Å². The van der Waals surface area contributed by atoms with Crippen molar-refractivity contribution in [2.75, 3.05) is 6.54 Å². The first-order valence-electron chi connectivity index (χ1n) is 6.71. The minimum atomic E-state index is -0.873. The van der Waals surface area contributed by atoms with Gasteiger partial charge in [0.05, 0.1) is 4.92 Å². The summed E-state index contributed by atoms with van der Waals surface area (Å²) in [4.78, 5) is 31.8. The maximum Gasteiger partial charge on any atom is 0.303 e. The zero-order chi connectivity index (χ0) is 15.7. The number of nitrogens with one attached hydrogen (secondary N) is 1. The fraction of sp³-hybridized carbons (Fsp3) is 0.429. The summed E-state index contributed by atoms with van der Waals surface area (Å²) in [6, 6.07) is 6.26. The summed E-state index contributed by atoms with van der Waals surface area (Å²) in [6.07, 6.45) is 2.12. The third-order valence-corrected chi connectivity index (χ3v) is 2.91. The Labute approximate surface area is 122 Å². The summed E-state index contributed by atoms with van der Waals surface area (Å²) in [5.41, 5.74) is 0.995. The number of carbonyl (C=O) groups is 2. The Morgan fingerprint density at radius 2 is 1.81 bits per heavy atom. The van der Waals surface area contributed by atoms with Crippen LogP contribution >= 0.6 is 0 Å². The lowest BCUT2D eigenvalue weighted by atomic mass is 10.1. The average Bonchev–Trinajstić information content (AvgIpc) is 2.44. The number of rotatable bonds is 9. The number of carbonyl (C=O) groups excluding carboxylic acids is 1. The van der Waals surface area contributed by atoms with Gasteiger partial charge in [-0.1, -0.05) is 12.1 Å². The van der Waals surface area contributed by atoms with Gasteiger partial charge in [0.1, 0.15) is 0 Å². The minimum absolute atomic E-state index is 0.0447. The van der Waals surface area contributed by atoms with Crippen molar-refractivity contribution in [1.82, 2.24) is 5.32 Å². The zero-order valence-electron chi connectivity index (χ0n) is 11.6. The van der Waals surface area contributed by atoms with E-state index in [0.29, 0.717) is 32.2 Å². The number of amides is 1. The summed E-state index contributed by atoms with van der Waals surface area (Å²) >= 11 is 0. The second-order valence-corrected chi connectivity index (χ2v) is 4.62. The van der Waals surface area contributed by atoms with Crippen LogP contribution in [0.1, 0.15) is 31.2 Å². The van der Waals surface area contributed by atoms with E-state index in [-0.39, 0.29) is 18.0 Å². The molecule has 2 N–H and O–H groups in total. The van der Waals surface area contributed by atoms with Gasteiger partial charge in [0.25, 0.3) is 5.69 Å². The Kier molecular flexibility index (Phi) is 6.86. The van der Waals surface area contributed by atoms with Gasteiger partial charge >= 0.3 is 5.97 Å². The number of aliphatic carboxylic acids is 1. The van der Waals surface area contributed by atoms with Gasteiger partial charge in [-0.15, -0.1) is 0 Å². The van der Waals surface area contributed by atoms with Gasteiger partial charge in [0.15, 0.2) is 0 Å². The quantitative estimate of drug-likeness (QED) is 0.410. The molecule has 0 spiro atoms. The van der Waals surface area contributed by atoms with E-state index in [1.807, 2.05) is 0 Å². The normalized spacial score (nSPS) is 10.1. The molecule has 0 radical (unpaired) electrons. The molecule has 114 valence electrons. The van der Waals surface area contributed by atoms with Crippen molar-refractivity contribution in [1.29, 1.82) is 0 Å². The molecule has 0 aliphatic carbocycles. The molecule has 7 nitrogen and oxygen atoms in total. The summed E-state index contributed by atoms with van der Waals surface area (Å²) in [6.45, 7) is 0.364. The van der Waals surface area contributed by atoms with E-state index in [0.717, 1.165) is 5.56 Å². The van der Waals surface area contributed by atoms with E-state index in [2.05, 4.69) is 5.32 Å². The summed E-state index contributed by atoms with van der Waals surface area (Å²) < 4.78 is 0. The van der Waals surface area contributed by atoms with E-state index in [1.54, 1.807) is 12.1 Å². The maximum absolute atomic E-state index is 11.5. The molecule has 0 fully saturated rings. The van der Waals surface area contributed by atoms with Crippen molar-refractivity contribution in [3.63, 3.8) is 0 Å². The smallest absolute Gasteiger partial charge is 0.303 e. The number of carboxylic acid groups (broad SMARTS) is 1. The van der Waals surface area contributed by atoms with Gasteiger partial charge < -0.3 is 10.4 Å². The molecular weight excluding hydrogens is 276 g/mol. The lowest BCUT2D eigenvalue weighted by Crippen LogP contribution is -2.24. The number of nitrogens with zero attached hydrogens (tertiary/aromatic N) is 1. The minimum Gasteiger partial charge on any atom is -0.481 e. The van der Waals surface area contributed by atoms with Crippen LogP contribution in [0.25, 0.3) is 0 Å². The monoisotopic (exact) mass is 294 g/mol. The summed E-state index contributed by atoms with van der Waals surface area (Å²) in [5, 5.41) is 21.6. The van der Waals surface area contributed by atoms with E-state index in [1.165, 1.54) is 12.1 Å². The molecule has 1 amide bonds. The molecule has 7 heteroatoms. The van der Waals surface area contributed by atoms with E-state index < -0.39 is 10.9 Å². The predicted octanol–water partition coefficient (Wildman–Crippen LogP) is 1.90. The maximum atomic E-state index is 11.5. The van der Waals surface area contributed by atoms with E-state index in [9.17, 15) is 19.7 Å². The van der Waals surface area contributed by atoms with Crippen LogP contribution in [0.3, 0.4) is 0 Å². The molecule has 0 aliphatic rings. The highest BCUT2D eigenvalue weighted by Crippen LogP contribution is 2.13. The fourth-order valence-electron chi connectivity index (χ4n) is 1.79. The number of nitro benzene ring substituents is 1. The third-order valence-electron chi connectivity index (χ3n) is 2.91. The third kappa shape index (κ3) is 7.05. The highest BCUT2D eigenvalue weighted by atomic mass is 16.6. The predicted molar refractivity (Wildman–Crippen MR) is 75.9 cm³/mol. The molecule has 0 aliphatic heterocycles. The van der Waals surface area contributed by atoms with Gasteiger partial charge in [-0.3, -0.25) is 19.7 Å². The molecule has 0 atom stereocenters. The molecule has 0 saturated heterocycles. The number of hydrogen-bond donors (Lipinski definition) is 2. The highest BCUT2D eigenvalue weighted by Gasteiger charge is 2.05. The SMILES string of the molecule is O=C(O)CCCNC(=O)CCCc1ccc([N+](=O)[O-])cc1. The van der Waals surface area contributed by atoms with Crippen molar-refractivity contribution in [3.8, 4) is 0 Å². The van der Waals surface area contributed by atoms with Crippen LogP contribution in [-0.4, -0.2) is 28.5 Å². The van der Waals surface area contributed by atoms with E-state index >= 15 is 0 Å². The molecule has 1 rings (SSSR count). The van der Waals surface area contributed by atoms with Gasteiger partial charge in [0, 0.05) is 31.5 Å². The lowest BCUT2D eigenvalue weighted by Gasteiger charge is -2.04. The van der Waals surface area contributed by atoms with Crippen molar-refractivity contribution in [3.05, 3.63) is 39.9 Å². The molecular formula is C14H18N2O5. The standard InChI is InChI=1S/C14H18N2O5/c17-13(15-10-2-5-14(18)19)4-1-3-11-6-8-12(9-7-11)16(20)21/h6-9H,1-5,10H2,(H,15,17)(H,18,19). The van der Waals surface area contributed by atoms with Gasteiger partial charge in [0.2, 0.25) is 5.91 Å². The van der Waals surface area contributed by atoms with Crippen LogP contribution in [0.4, 0.5) is 5.69 Å². The number of aryl methyl sites for hydroxylation is 1. The molecule has 0 aromatic heterocycles. The molecule has 0 unspecified atom stereocenters. The first-order valence-corrected chi connectivity index (χ1v) is 6.71. The van der Waals surface area contributed by atoms with Crippen LogP contribution in [0.2, 0.25) is 0 Å². The zero-order valence-corrected chi connectivity index (χ0v) is 11.6. The molecule has 0 bridgehead atoms. The second-order valence-electron chi connectivity index (χ2n) is 4.62. The Morgan fingerprint density at radius 3 is 2.38 bits per heavy atom. The number of non-ortho nitro benzene ring substituents is 1. The molecule has 1 aromatic carbocycles. The Hall–Kier alpha value is -2.44. The van der Waals surface area contributed by atoms with Crippen molar-refractivity contribution in [2.24, 2.45) is 0 Å². The topological polar surface area (TPSA) is 110 Å². The second kappa shape index (κ2) is 8.68. The number of benzene rings is 1. The summed E-state index contributed by atoms with van der Waals surface area (Å²) in [7, 11) is 0. The lowest BCUT2D eigenvalue weighted by molar-refractivity contribution is -0.384. The van der Waals surface area contributed by atoms with Crippen molar-refractivity contribution >= 4 is 17.6 Å². The number of hydrogen-bond acceptors (Lipinski definition) is 4. The highest BCUT2D eigenvalue weighted by molar-refractivity contribution is 5.75. The van der Waals surface area contributed by atoms with Crippen molar-refractivity contribution < 1.29 is 19.6 Å². The molecule has 0 saturated carbocycles. The van der Waals surface area contributed by atoms with Crippen LogP contribution < -0.4 is 5.32 Å². The molecule has 21 heavy (non-hydrogen) atoms. The van der Waals surface area contributed by atoms with Crippen LogP contribution in [0.5, 0.6) is 0 Å². The van der Waals surface area contributed by atoms with Crippen LogP contribution in [0, 0.1) is 10.1 Å². The average molecular weight is 294 g/mol. The van der Waals surface area contributed by atoms with Crippen LogP contribution in [-0.2, 0) is 16.0 Å². The first-order chi connectivity index (χ1) is 9.99. The first kappa shape index (κ1) is 16.6. The Balaban J connectivity index is 2.19.